The molecule has 1 aliphatic rings. The van der Waals surface area contributed by atoms with Gasteiger partial charge in [0.1, 0.15) is 11.2 Å². The predicted molar refractivity (Wildman–Crippen MR) is 94.5 cm³/mol. The lowest BCUT2D eigenvalue weighted by Crippen LogP contribution is -2.05. The van der Waals surface area contributed by atoms with Gasteiger partial charge in [-0.3, -0.25) is 4.98 Å². The topological polar surface area (TPSA) is 78.1 Å². The Kier molecular flexibility index (Phi) is 4.92. The van der Waals surface area contributed by atoms with Crippen LogP contribution in [0.1, 0.15) is 18.9 Å². The van der Waals surface area contributed by atoms with E-state index >= 15 is 0 Å². The van der Waals surface area contributed by atoms with Crippen LogP contribution in [0.15, 0.2) is 58.0 Å². The van der Waals surface area contributed by atoms with Crippen LogP contribution in [-0.4, -0.2) is 21.8 Å². The molecule has 2 aromatic rings. The molecule has 1 aliphatic carbocycles. The summed E-state index contributed by atoms with van der Waals surface area (Å²) in [6.07, 6.45) is 6.08. The number of aromatic nitrogens is 1. The van der Waals surface area contributed by atoms with E-state index in [0.29, 0.717) is 17.1 Å². The van der Waals surface area contributed by atoms with Crippen molar-refractivity contribution in [3.05, 3.63) is 53.4 Å². The third-order valence-corrected chi connectivity index (χ3v) is 4.40. The van der Waals surface area contributed by atoms with E-state index in [4.69, 9.17) is 11.6 Å². The predicted octanol–water partition coefficient (Wildman–Crippen LogP) is 4.61. The van der Waals surface area contributed by atoms with Crippen LogP contribution in [0.25, 0.3) is 10.9 Å². The summed E-state index contributed by atoms with van der Waals surface area (Å²) >= 11 is 6.01. The van der Waals surface area contributed by atoms with E-state index in [1.165, 1.54) is 0 Å². The Morgan fingerprint density at radius 3 is 2.88 bits per heavy atom. The third-order valence-electron chi connectivity index (χ3n) is 4.11. The van der Waals surface area contributed by atoms with Crippen LogP contribution >= 0.6 is 11.6 Å². The number of rotatable bonds is 4. The molecule has 3 rings (SSSR count). The third kappa shape index (κ3) is 3.18. The van der Waals surface area contributed by atoms with Crippen molar-refractivity contribution in [2.45, 2.75) is 19.2 Å². The second-order valence-corrected chi connectivity index (χ2v) is 6.08. The molecule has 1 aromatic carbocycles. The van der Waals surface area contributed by atoms with Gasteiger partial charge in [-0.1, -0.05) is 19.1 Å². The Hall–Kier alpha value is -2.24. The van der Waals surface area contributed by atoms with Crippen LogP contribution in [0.3, 0.4) is 0 Å². The number of hydrogen-bond donors (Lipinski definition) is 2. The molecule has 2 N–H and O–H groups in total. The Labute approximate surface area is 145 Å². The smallest absolute Gasteiger partial charge is 0.169 e. The number of aliphatic hydroxyl groups is 1. The average molecular weight is 344 g/mol. The van der Waals surface area contributed by atoms with Crippen molar-refractivity contribution in [1.29, 1.82) is 0 Å². The summed E-state index contributed by atoms with van der Waals surface area (Å²) < 4.78 is 0. The minimum Gasteiger partial charge on any atom is -0.504 e. The first-order chi connectivity index (χ1) is 11.6. The second-order valence-electron chi connectivity index (χ2n) is 5.82. The molecule has 0 saturated carbocycles. The Morgan fingerprint density at radius 1 is 1.33 bits per heavy atom. The standard InChI is InChI=1S/C18H18ClN3O2/c1-11-7-12(10-23)4-5-15(11)21-22-16-8-13(9-19)14-3-2-6-20-17(14)18(16)24/h2-6,8,11,23-24H,7,9-10H2,1H3. The first-order valence-electron chi connectivity index (χ1n) is 7.71. The zero-order valence-corrected chi connectivity index (χ0v) is 14.0. The largest absolute Gasteiger partial charge is 0.504 e. The maximum absolute atomic E-state index is 10.4. The van der Waals surface area contributed by atoms with E-state index in [-0.39, 0.29) is 18.3 Å². The van der Waals surface area contributed by atoms with E-state index in [0.717, 1.165) is 28.6 Å². The molecular weight excluding hydrogens is 326 g/mol. The molecule has 24 heavy (non-hydrogen) atoms. The van der Waals surface area contributed by atoms with E-state index < -0.39 is 0 Å². The molecule has 6 heteroatoms. The van der Waals surface area contributed by atoms with Gasteiger partial charge in [-0.25, -0.2) is 0 Å². The summed E-state index contributed by atoms with van der Waals surface area (Å²) in [5, 5.41) is 28.9. The summed E-state index contributed by atoms with van der Waals surface area (Å²) in [4.78, 5) is 4.22. The summed E-state index contributed by atoms with van der Waals surface area (Å²) in [5.74, 6) is 0.458. The van der Waals surface area contributed by atoms with Crippen molar-refractivity contribution < 1.29 is 10.2 Å². The lowest BCUT2D eigenvalue weighted by molar-refractivity contribution is 0.322. The van der Waals surface area contributed by atoms with Crippen LogP contribution < -0.4 is 0 Å². The number of phenols is 1. The molecule has 1 atom stereocenters. The van der Waals surface area contributed by atoms with Crippen LogP contribution in [-0.2, 0) is 5.88 Å². The van der Waals surface area contributed by atoms with Gasteiger partial charge in [0.25, 0.3) is 0 Å². The number of nitrogens with zero attached hydrogens (tertiary/aromatic N) is 3. The first-order valence-corrected chi connectivity index (χ1v) is 8.25. The number of alkyl halides is 1. The number of benzene rings is 1. The SMILES string of the molecule is CC1CC(CO)=CC=C1N=Nc1cc(CCl)c2cccnc2c1O. The number of aromatic hydroxyl groups is 1. The number of halogens is 1. The van der Waals surface area contributed by atoms with Crippen LogP contribution in [0, 0.1) is 5.92 Å². The highest BCUT2D eigenvalue weighted by Gasteiger charge is 2.16. The van der Waals surface area contributed by atoms with Crippen molar-refractivity contribution in [3.8, 4) is 5.75 Å². The molecule has 1 unspecified atom stereocenters. The molecule has 0 spiro atoms. The summed E-state index contributed by atoms with van der Waals surface area (Å²) in [7, 11) is 0. The highest BCUT2D eigenvalue weighted by Crippen LogP contribution is 2.37. The summed E-state index contributed by atoms with van der Waals surface area (Å²) in [6.45, 7) is 2.08. The molecule has 5 nitrogen and oxygen atoms in total. The number of hydrogen-bond acceptors (Lipinski definition) is 5. The van der Waals surface area contributed by atoms with Gasteiger partial charge in [0.15, 0.2) is 5.75 Å². The van der Waals surface area contributed by atoms with Gasteiger partial charge < -0.3 is 10.2 Å². The monoisotopic (exact) mass is 343 g/mol. The van der Waals surface area contributed by atoms with Gasteiger partial charge in [0.2, 0.25) is 0 Å². The maximum atomic E-state index is 10.4. The van der Waals surface area contributed by atoms with Crippen molar-refractivity contribution in [2.75, 3.05) is 6.61 Å². The van der Waals surface area contributed by atoms with Crippen LogP contribution in [0.5, 0.6) is 5.75 Å². The minimum absolute atomic E-state index is 0.00105. The van der Waals surface area contributed by atoms with Gasteiger partial charge in [-0.05, 0) is 35.8 Å². The molecule has 124 valence electrons. The normalized spacial score (nSPS) is 18.0. The fourth-order valence-corrected chi connectivity index (χ4v) is 2.99. The Bertz CT molecular complexity index is 859. The second kappa shape index (κ2) is 7.11. The number of fused-ring (bicyclic) bond motifs is 1. The zero-order valence-electron chi connectivity index (χ0n) is 13.3. The van der Waals surface area contributed by atoms with Gasteiger partial charge >= 0.3 is 0 Å². The Morgan fingerprint density at radius 2 is 2.17 bits per heavy atom. The van der Waals surface area contributed by atoms with Crippen LogP contribution in [0.4, 0.5) is 5.69 Å². The maximum Gasteiger partial charge on any atom is 0.169 e. The molecule has 1 aromatic heterocycles. The number of aliphatic hydroxyl groups excluding tert-OH is 1. The first kappa shape index (κ1) is 16.6. The molecular formula is C18H18ClN3O2. The van der Waals surface area contributed by atoms with Gasteiger partial charge in [0.05, 0.1) is 12.3 Å². The van der Waals surface area contributed by atoms with Gasteiger partial charge in [-0.2, -0.15) is 5.11 Å². The highest BCUT2D eigenvalue weighted by atomic mass is 35.5. The zero-order chi connectivity index (χ0) is 17.1. The van der Waals surface area contributed by atoms with E-state index in [1.807, 2.05) is 25.1 Å². The molecule has 0 bridgehead atoms. The van der Waals surface area contributed by atoms with Gasteiger partial charge in [0, 0.05) is 23.4 Å². The van der Waals surface area contributed by atoms with E-state index in [9.17, 15) is 10.2 Å². The van der Waals surface area contributed by atoms with Gasteiger partial charge in [-0.15, -0.1) is 16.7 Å². The fraction of sp³-hybridized carbons (Fsp3) is 0.278. The summed E-state index contributed by atoms with van der Waals surface area (Å²) in [6, 6.07) is 5.41. The van der Waals surface area contributed by atoms with Crippen LogP contribution in [0.2, 0.25) is 0 Å². The number of pyridine rings is 1. The lowest BCUT2D eigenvalue weighted by atomic mass is 9.93. The molecule has 0 saturated heterocycles. The minimum atomic E-state index is -0.00105. The lowest BCUT2D eigenvalue weighted by Gasteiger charge is -2.16. The molecule has 1 heterocycles. The summed E-state index contributed by atoms with van der Waals surface area (Å²) in [5.41, 5.74) is 3.45. The molecule has 0 aliphatic heterocycles. The van der Waals surface area contributed by atoms with E-state index in [1.54, 1.807) is 18.3 Å². The molecule has 0 radical (unpaired) electrons. The number of allylic oxidation sites excluding steroid dienone is 3. The molecule has 0 fully saturated rings. The highest BCUT2D eigenvalue weighted by molar-refractivity contribution is 6.18. The number of phenolic OH excluding ortho intramolecular Hbond substituents is 1. The fourth-order valence-electron chi connectivity index (χ4n) is 2.77. The quantitative estimate of drug-likeness (QED) is 0.628. The molecule has 0 amide bonds. The van der Waals surface area contributed by atoms with E-state index in [2.05, 4.69) is 15.2 Å². The average Bonchev–Trinajstić information content (AvgIpc) is 2.62. The van der Waals surface area contributed by atoms with Crippen molar-refractivity contribution in [3.63, 3.8) is 0 Å². The van der Waals surface area contributed by atoms with Crippen molar-refractivity contribution in [2.24, 2.45) is 16.1 Å². The number of azo groups is 1. The Balaban J connectivity index is 2.00. The van der Waals surface area contributed by atoms with Crippen molar-refractivity contribution in [1.82, 2.24) is 4.98 Å². The van der Waals surface area contributed by atoms with Crippen molar-refractivity contribution >= 4 is 28.2 Å².